The van der Waals surface area contributed by atoms with Gasteiger partial charge in [0.25, 0.3) is 5.91 Å². The van der Waals surface area contributed by atoms with Gasteiger partial charge in [0.2, 0.25) is 5.91 Å². The summed E-state index contributed by atoms with van der Waals surface area (Å²) in [5.41, 5.74) is 0.526. The number of nitrogens with one attached hydrogen (secondary N) is 1. The van der Waals surface area contributed by atoms with Gasteiger partial charge in [0.1, 0.15) is 0 Å². The number of methoxy groups -OCH3 is 2. The molecule has 1 aromatic rings. The molecule has 1 heterocycles. The molecule has 0 saturated carbocycles. The average Bonchev–Trinajstić information content (AvgIpc) is 2.82. The van der Waals surface area contributed by atoms with Gasteiger partial charge in [-0.25, -0.2) is 0 Å². The highest BCUT2D eigenvalue weighted by Gasteiger charge is 2.16. The fraction of sp³-hybridized carbons (Fsp3) is 0.556. The normalized spacial score (nSPS) is 14.9. The van der Waals surface area contributed by atoms with Gasteiger partial charge in [0.15, 0.2) is 11.5 Å². The van der Waals surface area contributed by atoms with Crippen molar-refractivity contribution in [2.24, 2.45) is 0 Å². The van der Waals surface area contributed by atoms with Crippen LogP contribution < -0.4 is 14.8 Å². The highest BCUT2D eigenvalue weighted by molar-refractivity contribution is 5.94. The Hall–Kier alpha value is -2.24. The molecule has 1 aliphatic heterocycles. The van der Waals surface area contributed by atoms with Crippen LogP contribution in [0.25, 0.3) is 0 Å². The van der Waals surface area contributed by atoms with Gasteiger partial charge in [0, 0.05) is 31.6 Å². The van der Waals surface area contributed by atoms with E-state index in [2.05, 4.69) is 5.32 Å². The van der Waals surface area contributed by atoms with Crippen molar-refractivity contribution in [1.82, 2.24) is 10.2 Å². The van der Waals surface area contributed by atoms with E-state index < -0.39 is 0 Å². The smallest absolute Gasteiger partial charge is 0.251 e. The Morgan fingerprint density at radius 3 is 2.71 bits per heavy atom. The maximum Gasteiger partial charge on any atom is 0.251 e. The zero-order valence-electron chi connectivity index (χ0n) is 14.5. The SMILES string of the molecule is COc1ccc(C(=O)NCCCN2CCCCCC2=O)cc1OC. The average molecular weight is 334 g/mol. The Bertz CT molecular complexity index is 574. The first-order chi connectivity index (χ1) is 11.7. The van der Waals surface area contributed by atoms with Gasteiger partial charge in [-0.1, -0.05) is 6.42 Å². The van der Waals surface area contributed by atoms with Crippen LogP contribution >= 0.6 is 0 Å². The number of hydrogen-bond donors (Lipinski definition) is 1. The first kappa shape index (κ1) is 18.1. The second kappa shape index (κ2) is 9.15. The second-order valence-electron chi connectivity index (χ2n) is 5.87. The Kier molecular flexibility index (Phi) is 6.90. The maximum atomic E-state index is 12.2. The Morgan fingerprint density at radius 1 is 1.17 bits per heavy atom. The molecule has 0 unspecified atom stereocenters. The summed E-state index contributed by atoms with van der Waals surface area (Å²) in [4.78, 5) is 26.0. The molecule has 2 rings (SSSR count). The number of carbonyl (C=O) groups is 2. The van der Waals surface area contributed by atoms with Crippen LogP contribution in [0.5, 0.6) is 11.5 Å². The van der Waals surface area contributed by atoms with Crippen molar-refractivity contribution >= 4 is 11.8 Å². The van der Waals surface area contributed by atoms with Crippen LogP contribution in [0.15, 0.2) is 18.2 Å². The molecule has 6 nitrogen and oxygen atoms in total. The van der Waals surface area contributed by atoms with E-state index in [0.29, 0.717) is 36.6 Å². The third kappa shape index (κ3) is 4.88. The fourth-order valence-corrected chi connectivity index (χ4v) is 2.83. The lowest BCUT2D eigenvalue weighted by atomic mass is 10.2. The predicted octanol–water partition coefficient (Wildman–Crippen LogP) is 2.23. The molecule has 0 aromatic heterocycles. The molecular weight excluding hydrogens is 308 g/mol. The van der Waals surface area contributed by atoms with Crippen molar-refractivity contribution < 1.29 is 19.1 Å². The van der Waals surface area contributed by atoms with Crippen LogP contribution in [0.4, 0.5) is 0 Å². The van der Waals surface area contributed by atoms with Crippen LogP contribution in [-0.2, 0) is 4.79 Å². The quantitative estimate of drug-likeness (QED) is 0.777. The topological polar surface area (TPSA) is 67.9 Å². The second-order valence-corrected chi connectivity index (χ2v) is 5.87. The van der Waals surface area contributed by atoms with Gasteiger partial charge < -0.3 is 19.7 Å². The molecule has 1 N–H and O–H groups in total. The van der Waals surface area contributed by atoms with E-state index in [0.717, 1.165) is 32.2 Å². The lowest BCUT2D eigenvalue weighted by Gasteiger charge is -2.20. The van der Waals surface area contributed by atoms with Gasteiger partial charge in [0.05, 0.1) is 14.2 Å². The van der Waals surface area contributed by atoms with Gasteiger partial charge in [-0.15, -0.1) is 0 Å². The number of ether oxygens (including phenoxy) is 2. The van der Waals surface area contributed by atoms with E-state index in [-0.39, 0.29) is 11.8 Å². The summed E-state index contributed by atoms with van der Waals surface area (Å²) in [7, 11) is 3.10. The number of nitrogens with zero attached hydrogens (tertiary/aromatic N) is 1. The van der Waals surface area contributed by atoms with Crippen molar-refractivity contribution in [3.63, 3.8) is 0 Å². The van der Waals surface area contributed by atoms with E-state index in [9.17, 15) is 9.59 Å². The first-order valence-corrected chi connectivity index (χ1v) is 8.43. The number of carbonyl (C=O) groups excluding carboxylic acids is 2. The zero-order chi connectivity index (χ0) is 17.4. The number of benzene rings is 1. The van der Waals surface area contributed by atoms with Crippen molar-refractivity contribution in [2.45, 2.75) is 32.1 Å². The molecule has 0 aliphatic carbocycles. The minimum Gasteiger partial charge on any atom is -0.493 e. The molecule has 132 valence electrons. The summed E-state index contributed by atoms with van der Waals surface area (Å²) in [6, 6.07) is 5.07. The van der Waals surface area contributed by atoms with Gasteiger partial charge in [-0.2, -0.15) is 0 Å². The highest BCUT2D eigenvalue weighted by Crippen LogP contribution is 2.27. The highest BCUT2D eigenvalue weighted by atomic mass is 16.5. The summed E-state index contributed by atoms with van der Waals surface area (Å²) in [5.74, 6) is 1.20. The summed E-state index contributed by atoms with van der Waals surface area (Å²) < 4.78 is 10.4. The van der Waals surface area contributed by atoms with Crippen molar-refractivity contribution in [1.29, 1.82) is 0 Å². The zero-order valence-corrected chi connectivity index (χ0v) is 14.5. The van der Waals surface area contributed by atoms with Crippen LogP contribution in [-0.4, -0.2) is 50.6 Å². The fourth-order valence-electron chi connectivity index (χ4n) is 2.83. The van der Waals surface area contributed by atoms with Crippen molar-refractivity contribution in [3.8, 4) is 11.5 Å². The monoisotopic (exact) mass is 334 g/mol. The molecular formula is C18H26N2O4. The summed E-state index contributed by atoms with van der Waals surface area (Å²) in [5, 5.41) is 2.88. The molecule has 24 heavy (non-hydrogen) atoms. The van der Waals surface area contributed by atoms with E-state index >= 15 is 0 Å². The molecule has 0 bridgehead atoms. The van der Waals surface area contributed by atoms with E-state index in [1.165, 1.54) is 7.11 Å². The van der Waals surface area contributed by atoms with E-state index in [1.807, 2.05) is 4.90 Å². The third-order valence-electron chi connectivity index (χ3n) is 4.21. The minimum absolute atomic E-state index is 0.154. The number of hydrogen-bond acceptors (Lipinski definition) is 4. The Balaban J connectivity index is 1.79. The molecule has 0 spiro atoms. The van der Waals surface area contributed by atoms with E-state index in [4.69, 9.17) is 9.47 Å². The van der Waals surface area contributed by atoms with Crippen molar-refractivity contribution in [3.05, 3.63) is 23.8 Å². The molecule has 0 radical (unpaired) electrons. The molecule has 1 saturated heterocycles. The van der Waals surface area contributed by atoms with Crippen molar-refractivity contribution in [2.75, 3.05) is 33.9 Å². The van der Waals surface area contributed by atoms with Crippen LogP contribution in [0.2, 0.25) is 0 Å². The number of rotatable bonds is 7. The molecule has 2 amide bonds. The van der Waals surface area contributed by atoms with E-state index in [1.54, 1.807) is 25.3 Å². The van der Waals surface area contributed by atoms with Gasteiger partial charge in [-0.3, -0.25) is 9.59 Å². The number of amides is 2. The maximum absolute atomic E-state index is 12.2. The van der Waals surface area contributed by atoms with Crippen LogP contribution in [0.3, 0.4) is 0 Å². The summed E-state index contributed by atoms with van der Waals surface area (Å²) in [6.07, 6.45) is 4.59. The third-order valence-corrected chi connectivity index (χ3v) is 4.21. The molecule has 1 aliphatic rings. The molecule has 1 aromatic carbocycles. The Labute approximate surface area is 143 Å². The summed E-state index contributed by atoms with van der Waals surface area (Å²) in [6.45, 7) is 2.07. The molecule has 0 atom stereocenters. The van der Waals surface area contributed by atoms with Crippen LogP contribution in [0.1, 0.15) is 42.5 Å². The largest absolute Gasteiger partial charge is 0.493 e. The minimum atomic E-state index is -0.154. The first-order valence-electron chi connectivity index (χ1n) is 8.43. The standard InChI is InChI=1S/C18H26N2O4/c1-23-15-9-8-14(13-16(15)24-2)18(22)19-10-6-12-20-11-5-3-4-7-17(20)21/h8-9,13H,3-7,10-12H2,1-2H3,(H,19,22). The lowest BCUT2D eigenvalue weighted by Crippen LogP contribution is -2.34. The van der Waals surface area contributed by atoms with Gasteiger partial charge >= 0.3 is 0 Å². The lowest BCUT2D eigenvalue weighted by molar-refractivity contribution is -0.130. The molecule has 1 fully saturated rings. The van der Waals surface area contributed by atoms with Gasteiger partial charge in [-0.05, 0) is 37.5 Å². The van der Waals surface area contributed by atoms with Crippen LogP contribution in [0, 0.1) is 0 Å². The number of likely N-dealkylation sites (tertiary alicyclic amines) is 1. The summed E-state index contributed by atoms with van der Waals surface area (Å²) >= 11 is 0. The molecule has 6 heteroatoms. The predicted molar refractivity (Wildman–Crippen MR) is 91.5 cm³/mol. The Morgan fingerprint density at radius 2 is 1.96 bits per heavy atom.